The first-order valence-electron chi connectivity index (χ1n) is 10.4. The maximum absolute atomic E-state index is 12.8. The van der Waals surface area contributed by atoms with Gasteiger partial charge in [0.1, 0.15) is 11.5 Å². The zero-order chi connectivity index (χ0) is 21.5. The SMILES string of the molecule is COc1ccc(C(=O)N2CCC[C@@H](COc3ccc(C(=O)NC(C)C)cc3)C2)cc1. The molecule has 0 aliphatic carbocycles. The standard InChI is InChI=1S/C24H30N2O4/c1-17(2)25-23(27)19-6-12-22(13-7-19)30-16-18-5-4-14-26(15-18)24(28)20-8-10-21(29-3)11-9-20/h6-13,17-18H,4-5,14-16H2,1-3H3,(H,25,27)/t18-/m1/s1. The van der Waals surface area contributed by atoms with Crippen LogP contribution in [-0.2, 0) is 0 Å². The molecule has 2 amide bonds. The van der Waals surface area contributed by atoms with E-state index in [1.807, 2.05) is 43.0 Å². The lowest BCUT2D eigenvalue weighted by Crippen LogP contribution is -2.41. The Labute approximate surface area is 178 Å². The van der Waals surface area contributed by atoms with Gasteiger partial charge in [0.05, 0.1) is 13.7 Å². The lowest BCUT2D eigenvalue weighted by Gasteiger charge is -2.32. The number of nitrogens with zero attached hydrogens (tertiary/aromatic N) is 1. The van der Waals surface area contributed by atoms with Gasteiger partial charge in [-0.1, -0.05) is 0 Å². The van der Waals surface area contributed by atoms with Crippen molar-refractivity contribution in [2.24, 2.45) is 5.92 Å². The van der Waals surface area contributed by atoms with E-state index < -0.39 is 0 Å². The second-order valence-electron chi connectivity index (χ2n) is 7.95. The number of methoxy groups -OCH3 is 1. The molecule has 0 spiro atoms. The van der Waals surface area contributed by atoms with Gasteiger partial charge in [-0.05, 0) is 75.2 Å². The number of rotatable bonds is 7. The van der Waals surface area contributed by atoms with Crippen LogP contribution < -0.4 is 14.8 Å². The van der Waals surface area contributed by atoms with Crippen molar-refractivity contribution in [2.75, 3.05) is 26.8 Å². The first-order chi connectivity index (χ1) is 14.5. The first kappa shape index (κ1) is 21.7. The molecule has 6 heteroatoms. The molecule has 3 rings (SSSR count). The maximum Gasteiger partial charge on any atom is 0.253 e. The molecule has 1 saturated heterocycles. The molecule has 1 N–H and O–H groups in total. The monoisotopic (exact) mass is 410 g/mol. The second-order valence-corrected chi connectivity index (χ2v) is 7.95. The summed E-state index contributed by atoms with van der Waals surface area (Å²) in [6.07, 6.45) is 1.99. The highest BCUT2D eigenvalue weighted by molar-refractivity contribution is 5.95. The second kappa shape index (κ2) is 10.1. The van der Waals surface area contributed by atoms with E-state index in [-0.39, 0.29) is 23.8 Å². The Morgan fingerprint density at radius 3 is 2.30 bits per heavy atom. The van der Waals surface area contributed by atoms with Gasteiger partial charge in [-0.3, -0.25) is 9.59 Å². The molecule has 2 aromatic rings. The number of hydrogen-bond acceptors (Lipinski definition) is 4. The first-order valence-corrected chi connectivity index (χ1v) is 10.4. The van der Waals surface area contributed by atoms with Crippen molar-refractivity contribution in [3.63, 3.8) is 0 Å². The number of carbonyl (C=O) groups is 2. The molecular formula is C24H30N2O4. The van der Waals surface area contributed by atoms with Crippen LogP contribution in [-0.4, -0.2) is 49.6 Å². The molecule has 1 aliphatic rings. The van der Waals surface area contributed by atoms with E-state index in [1.165, 1.54) is 0 Å². The Balaban J connectivity index is 1.52. The van der Waals surface area contributed by atoms with E-state index in [9.17, 15) is 9.59 Å². The average molecular weight is 411 g/mol. The Hall–Kier alpha value is -3.02. The third-order valence-corrected chi connectivity index (χ3v) is 5.17. The predicted molar refractivity (Wildman–Crippen MR) is 116 cm³/mol. The number of ether oxygens (including phenoxy) is 2. The van der Waals surface area contributed by atoms with Crippen LogP contribution >= 0.6 is 0 Å². The Morgan fingerprint density at radius 2 is 1.67 bits per heavy atom. The molecule has 30 heavy (non-hydrogen) atoms. The van der Waals surface area contributed by atoms with Crippen molar-refractivity contribution in [3.05, 3.63) is 59.7 Å². The highest BCUT2D eigenvalue weighted by atomic mass is 16.5. The van der Waals surface area contributed by atoms with E-state index in [1.54, 1.807) is 31.4 Å². The van der Waals surface area contributed by atoms with Gasteiger partial charge < -0.3 is 19.7 Å². The molecule has 1 atom stereocenters. The minimum atomic E-state index is -0.0866. The molecular weight excluding hydrogens is 380 g/mol. The van der Waals surface area contributed by atoms with E-state index in [4.69, 9.17) is 9.47 Å². The smallest absolute Gasteiger partial charge is 0.253 e. The van der Waals surface area contributed by atoms with Crippen LogP contribution in [0, 0.1) is 5.92 Å². The maximum atomic E-state index is 12.8. The van der Waals surface area contributed by atoms with Crippen LogP contribution in [0.3, 0.4) is 0 Å². The molecule has 0 unspecified atom stereocenters. The van der Waals surface area contributed by atoms with Gasteiger partial charge in [0.25, 0.3) is 11.8 Å². The Bertz CT molecular complexity index is 847. The number of piperidine rings is 1. The van der Waals surface area contributed by atoms with E-state index >= 15 is 0 Å². The fourth-order valence-electron chi connectivity index (χ4n) is 3.56. The third kappa shape index (κ3) is 5.75. The molecule has 0 bridgehead atoms. The van der Waals surface area contributed by atoms with Gasteiger partial charge >= 0.3 is 0 Å². The summed E-state index contributed by atoms with van der Waals surface area (Å²) in [4.78, 5) is 26.7. The molecule has 0 radical (unpaired) electrons. The van der Waals surface area contributed by atoms with Gasteiger partial charge in [0.15, 0.2) is 0 Å². The normalized spacial score (nSPS) is 16.3. The van der Waals surface area contributed by atoms with Gasteiger partial charge in [0.2, 0.25) is 0 Å². The number of amides is 2. The van der Waals surface area contributed by atoms with E-state index in [0.717, 1.165) is 30.9 Å². The molecule has 1 aliphatic heterocycles. The predicted octanol–water partition coefficient (Wildman–Crippen LogP) is 3.76. The van der Waals surface area contributed by atoms with Crippen LogP contribution in [0.4, 0.5) is 0 Å². The van der Waals surface area contributed by atoms with Crippen molar-refractivity contribution >= 4 is 11.8 Å². The zero-order valence-electron chi connectivity index (χ0n) is 17.9. The summed E-state index contributed by atoms with van der Waals surface area (Å²) < 4.78 is 11.1. The summed E-state index contributed by atoms with van der Waals surface area (Å²) in [6.45, 7) is 5.86. The Morgan fingerprint density at radius 1 is 1.03 bits per heavy atom. The third-order valence-electron chi connectivity index (χ3n) is 5.17. The minimum absolute atomic E-state index is 0.0443. The van der Waals surface area contributed by atoms with Crippen LogP contribution in [0.2, 0.25) is 0 Å². The number of likely N-dealkylation sites (tertiary alicyclic amines) is 1. The summed E-state index contributed by atoms with van der Waals surface area (Å²) in [5.74, 6) is 1.71. The number of nitrogens with one attached hydrogen (secondary N) is 1. The molecule has 1 heterocycles. The summed E-state index contributed by atoms with van der Waals surface area (Å²) in [6, 6.07) is 14.5. The van der Waals surface area contributed by atoms with Crippen molar-refractivity contribution in [1.82, 2.24) is 10.2 Å². The topological polar surface area (TPSA) is 67.9 Å². The largest absolute Gasteiger partial charge is 0.497 e. The fraction of sp³-hybridized carbons (Fsp3) is 0.417. The van der Waals surface area contributed by atoms with Crippen molar-refractivity contribution < 1.29 is 19.1 Å². The number of benzene rings is 2. The van der Waals surface area contributed by atoms with Gasteiger partial charge in [-0.2, -0.15) is 0 Å². The van der Waals surface area contributed by atoms with Gasteiger partial charge in [0, 0.05) is 36.2 Å². The van der Waals surface area contributed by atoms with Crippen LogP contribution in [0.15, 0.2) is 48.5 Å². The summed E-state index contributed by atoms with van der Waals surface area (Å²) >= 11 is 0. The average Bonchev–Trinajstić information content (AvgIpc) is 2.77. The summed E-state index contributed by atoms with van der Waals surface area (Å²) in [5.41, 5.74) is 1.29. The molecule has 2 aromatic carbocycles. The van der Waals surface area contributed by atoms with Crippen LogP contribution in [0.1, 0.15) is 47.4 Å². The van der Waals surface area contributed by atoms with Crippen LogP contribution in [0.25, 0.3) is 0 Å². The summed E-state index contributed by atoms with van der Waals surface area (Å²) in [5, 5.41) is 2.87. The van der Waals surface area contributed by atoms with Gasteiger partial charge in [-0.15, -0.1) is 0 Å². The van der Waals surface area contributed by atoms with Crippen molar-refractivity contribution in [2.45, 2.75) is 32.7 Å². The molecule has 0 aromatic heterocycles. The number of hydrogen-bond donors (Lipinski definition) is 1. The summed E-state index contributed by atoms with van der Waals surface area (Å²) in [7, 11) is 1.61. The van der Waals surface area contributed by atoms with E-state index in [0.29, 0.717) is 24.3 Å². The minimum Gasteiger partial charge on any atom is -0.497 e. The van der Waals surface area contributed by atoms with Crippen LogP contribution in [0.5, 0.6) is 11.5 Å². The van der Waals surface area contributed by atoms with Gasteiger partial charge in [-0.25, -0.2) is 0 Å². The quantitative estimate of drug-likeness (QED) is 0.755. The van der Waals surface area contributed by atoms with Crippen molar-refractivity contribution in [1.29, 1.82) is 0 Å². The molecule has 6 nitrogen and oxygen atoms in total. The zero-order valence-corrected chi connectivity index (χ0v) is 17.9. The number of carbonyl (C=O) groups excluding carboxylic acids is 2. The highest BCUT2D eigenvalue weighted by Crippen LogP contribution is 2.22. The van der Waals surface area contributed by atoms with E-state index in [2.05, 4.69) is 5.32 Å². The highest BCUT2D eigenvalue weighted by Gasteiger charge is 2.25. The fourth-order valence-corrected chi connectivity index (χ4v) is 3.56. The molecule has 0 saturated carbocycles. The molecule has 160 valence electrons. The Kier molecular flexibility index (Phi) is 7.33. The lowest BCUT2D eigenvalue weighted by atomic mass is 9.98. The van der Waals surface area contributed by atoms with Crippen molar-refractivity contribution in [3.8, 4) is 11.5 Å². The lowest BCUT2D eigenvalue weighted by molar-refractivity contribution is 0.0633. The molecule has 1 fully saturated rings.